The highest BCUT2D eigenvalue weighted by Gasteiger charge is 2.43. The van der Waals surface area contributed by atoms with Gasteiger partial charge in [-0.2, -0.15) is 10.5 Å². The van der Waals surface area contributed by atoms with Crippen molar-refractivity contribution < 1.29 is 24.2 Å². The molecular formula is C17H16I2N2O5. The molecule has 138 valence electrons. The maximum atomic E-state index is 12.3. The minimum absolute atomic E-state index is 0.0379. The van der Waals surface area contributed by atoms with Crippen LogP contribution in [0.4, 0.5) is 0 Å². The summed E-state index contributed by atoms with van der Waals surface area (Å²) in [5.74, 6) is -6.06. The largest absolute Gasteiger partial charge is 0.507 e. The maximum Gasteiger partial charge on any atom is 0.324 e. The van der Waals surface area contributed by atoms with Crippen molar-refractivity contribution in [2.75, 3.05) is 13.2 Å². The van der Waals surface area contributed by atoms with Crippen LogP contribution in [0.2, 0.25) is 0 Å². The molecule has 26 heavy (non-hydrogen) atoms. The molecule has 0 radical (unpaired) electrons. The zero-order valence-electron chi connectivity index (χ0n) is 14.0. The van der Waals surface area contributed by atoms with Crippen LogP contribution >= 0.6 is 45.2 Å². The first-order valence-electron chi connectivity index (χ1n) is 7.62. The maximum absolute atomic E-state index is 12.3. The Kier molecular flexibility index (Phi) is 9.08. The van der Waals surface area contributed by atoms with E-state index in [2.05, 4.69) is 0 Å². The zero-order valence-corrected chi connectivity index (χ0v) is 18.3. The van der Waals surface area contributed by atoms with Gasteiger partial charge in [0.2, 0.25) is 0 Å². The number of carbonyl (C=O) groups is 2. The number of nitriles is 2. The van der Waals surface area contributed by atoms with Crippen molar-refractivity contribution in [2.24, 2.45) is 11.8 Å². The van der Waals surface area contributed by atoms with E-state index in [1.807, 2.05) is 57.3 Å². The molecule has 0 fully saturated rings. The summed E-state index contributed by atoms with van der Waals surface area (Å²) in [6.07, 6.45) is 0. The summed E-state index contributed by atoms with van der Waals surface area (Å²) in [5, 5.41) is 29.6. The SMILES string of the molecule is CCOC(=O)C(C#N)C(c1cc(I)cc(I)c1O)C(C#N)C(=O)OCC. The van der Waals surface area contributed by atoms with Gasteiger partial charge in [0.1, 0.15) is 5.75 Å². The minimum Gasteiger partial charge on any atom is -0.507 e. The summed E-state index contributed by atoms with van der Waals surface area (Å²) in [5.41, 5.74) is 0.153. The predicted molar refractivity (Wildman–Crippen MR) is 108 cm³/mol. The third-order valence-corrected chi connectivity index (χ3v) is 4.94. The third kappa shape index (κ3) is 5.20. The van der Waals surface area contributed by atoms with Crippen LogP contribution in [-0.4, -0.2) is 30.3 Å². The smallest absolute Gasteiger partial charge is 0.324 e. The van der Waals surface area contributed by atoms with E-state index in [1.54, 1.807) is 19.9 Å². The van der Waals surface area contributed by atoms with Crippen molar-refractivity contribution in [2.45, 2.75) is 19.8 Å². The molecular weight excluding hydrogens is 566 g/mol. The van der Waals surface area contributed by atoms with Crippen LogP contribution in [0.1, 0.15) is 25.3 Å². The fourth-order valence-electron chi connectivity index (χ4n) is 2.41. The number of rotatable bonds is 7. The van der Waals surface area contributed by atoms with Crippen molar-refractivity contribution in [1.29, 1.82) is 10.5 Å². The van der Waals surface area contributed by atoms with Gasteiger partial charge in [-0.3, -0.25) is 9.59 Å². The second-order valence-corrected chi connectivity index (χ2v) is 7.48. The highest BCUT2D eigenvalue weighted by molar-refractivity contribution is 14.1. The quantitative estimate of drug-likeness (QED) is 0.388. The number of esters is 2. The van der Waals surface area contributed by atoms with E-state index in [4.69, 9.17) is 9.47 Å². The molecule has 0 spiro atoms. The van der Waals surface area contributed by atoms with Crippen molar-refractivity contribution >= 4 is 57.1 Å². The summed E-state index contributed by atoms with van der Waals surface area (Å²) < 4.78 is 11.0. The topological polar surface area (TPSA) is 120 Å². The van der Waals surface area contributed by atoms with E-state index in [9.17, 15) is 25.2 Å². The molecule has 1 rings (SSSR count). The van der Waals surface area contributed by atoms with Crippen LogP contribution in [0.5, 0.6) is 5.75 Å². The lowest BCUT2D eigenvalue weighted by Gasteiger charge is -2.25. The fraction of sp³-hybridized carbons (Fsp3) is 0.412. The number of halogens is 2. The predicted octanol–water partition coefficient (Wildman–Crippen LogP) is 3.09. The van der Waals surface area contributed by atoms with Crippen LogP contribution in [0, 0.1) is 41.6 Å². The second kappa shape index (κ2) is 10.5. The third-order valence-electron chi connectivity index (χ3n) is 3.49. The van der Waals surface area contributed by atoms with Gasteiger partial charge in [-0.15, -0.1) is 0 Å². The van der Waals surface area contributed by atoms with Gasteiger partial charge in [-0.05, 0) is 71.2 Å². The van der Waals surface area contributed by atoms with E-state index in [-0.39, 0.29) is 24.5 Å². The summed E-state index contributed by atoms with van der Waals surface area (Å²) in [7, 11) is 0. The summed E-state index contributed by atoms with van der Waals surface area (Å²) in [6, 6.07) is 6.85. The van der Waals surface area contributed by atoms with E-state index >= 15 is 0 Å². The van der Waals surface area contributed by atoms with Crippen LogP contribution in [0.3, 0.4) is 0 Å². The number of ether oxygens (including phenoxy) is 2. The lowest BCUT2D eigenvalue weighted by Crippen LogP contribution is -2.33. The van der Waals surface area contributed by atoms with Gasteiger partial charge in [0.25, 0.3) is 0 Å². The molecule has 0 aliphatic rings. The van der Waals surface area contributed by atoms with Crippen LogP contribution in [-0.2, 0) is 19.1 Å². The first-order valence-corrected chi connectivity index (χ1v) is 9.78. The number of phenols is 1. The van der Waals surface area contributed by atoms with Gasteiger partial charge in [-0.1, -0.05) is 0 Å². The van der Waals surface area contributed by atoms with E-state index in [0.717, 1.165) is 0 Å². The van der Waals surface area contributed by atoms with Crippen molar-refractivity contribution in [3.63, 3.8) is 0 Å². The summed E-state index contributed by atoms with van der Waals surface area (Å²) in [6.45, 7) is 3.24. The molecule has 0 aliphatic heterocycles. The molecule has 1 aromatic carbocycles. The Bertz CT molecular complexity index is 734. The van der Waals surface area contributed by atoms with Gasteiger partial charge in [0.15, 0.2) is 11.8 Å². The second-order valence-electron chi connectivity index (χ2n) is 5.07. The Morgan fingerprint density at radius 3 is 1.92 bits per heavy atom. The molecule has 1 aromatic rings. The molecule has 9 heteroatoms. The molecule has 0 saturated carbocycles. The lowest BCUT2D eigenvalue weighted by molar-refractivity contribution is -0.150. The van der Waals surface area contributed by atoms with Crippen LogP contribution < -0.4 is 0 Å². The monoisotopic (exact) mass is 582 g/mol. The number of phenolic OH excluding ortho intramolecular Hbond substituents is 1. The molecule has 2 atom stereocenters. The Balaban J connectivity index is 3.62. The van der Waals surface area contributed by atoms with Crippen molar-refractivity contribution in [3.05, 3.63) is 24.8 Å². The number of hydrogen-bond donors (Lipinski definition) is 1. The average molecular weight is 582 g/mol. The van der Waals surface area contributed by atoms with Gasteiger partial charge >= 0.3 is 11.9 Å². The van der Waals surface area contributed by atoms with Crippen LogP contribution in [0.15, 0.2) is 12.1 Å². The van der Waals surface area contributed by atoms with E-state index in [1.165, 1.54) is 6.07 Å². The molecule has 0 aromatic heterocycles. The van der Waals surface area contributed by atoms with Gasteiger partial charge in [0.05, 0.1) is 28.9 Å². The normalized spacial score (nSPS) is 13.6. The highest BCUT2D eigenvalue weighted by atomic mass is 127. The molecule has 0 saturated heterocycles. The van der Waals surface area contributed by atoms with E-state index in [0.29, 0.717) is 7.14 Å². The lowest BCUT2D eigenvalue weighted by atomic mass is 9.77. The molecule has 0 amide bonds. The van der Waals surface area contributed by atoms with E-state index < -0.39 is 29.7 Å². The summed E-state index contributed by atoms with van der Waals surface area (Å²) >= 11 is 3.90. The number of nitrogens with zero attached hydrogens (tertiary/aromatic N) is 2. The average Bonchev–Trinajstić information content (AvgIpc) is 2.58. The first-order chi connectivity index (χ1) is 12.3. The van der Waals surface area contributed by atoms with Crippen molar-refractivity contribution in [1.82, 2.24) is 0 Å². The first kappa shape index (κ1) is 22.4. The Labute approximate surface area is 178 Å². The van der Waals surface area contributed by atoms with Gasteiger partial charge in [-0.25, -0.2) is 0 Å². The Morgan fingerprint density at radius 2 is 1.54 bits per heavy atom. The molecule has 2 unspecified atom stereocenters. The molecule has 0 heterocycles. The molecule has 1 N–H and O–H groups in total. The standard InChI is InChI=1S/C17H16I2N2O5/c1-3-25-16(23)11(7-20)14(12(8-21)17(24)26-4-2)10-5-9(18)6-13(19)15(10)22/h5-6,11-12,14,22H,3-4H2,1-2H3. The van der Waals surface area contributed by atoms with Gasteiger partial charge in [0, 0.05) is 15.1 Å². The Morgan fingerprint density at radius 1 is 1.08 bits per heavy atom. The number of aromatic hydroxyl groups is 1. The Hall–Kier alpha value is -1.60. The molecule has 7 nitrogen and oxygen atoms in total. The van der Waals surface area contributed by atoms with Crippen LogP contribution in [0.25, 0.3) is 0 Å². The molecule has 0 aliphatic carbocycles. The minimum atomic E-state index is -1.45. The fourth-order valence-corrected chi connectivity index (χ4v) is 4.30. The highest BCUT2D eigenvalue weighted by Crippen LogP contribution is 2.41. The summed E-state index contributed by atoms with van der Waals surface area (Å²) in [4.78, 5) is 24.6. The number of carbonyl (C=O) groups excluding carboxylic acids is 2. The number of benzene rings is 1. The van der Waals surface area contributed by atoms with Gasteiger partial charge < -0.3 is 14.6 Å². The van der Waals surface area contributed by atoms with Crippen molar-refractivity contribution in [3.8, 4) is 17.9 Å². The molecule has 0 bridgehead atoms. The zero-order chi connectivity index (χ0) is 19.9. The number of hydrogen-bond acceptors (Lipinski definition) is 7.